The lowest BCUT2D eigenvalue weighted by atomic mass is 10.1. The van der Waals surface area contributed by atoms with Crippen LogP contribution in [-0.4, -0.2) is 11.0 Å². The summed E-state index contributed by atoms with van der Waals surface area (Å²) in [6, 6.07) is 6.91. The number of aliphatic hydroxyl groups is 1. The van der Waals surface area contributed by atoms with Crippen LogP contribution in [0.15, 0.2) is 30.3 Å². The third-order valence-electron chi connectivity index (χ3n) is 3.23. The molecule has 21 heavy (non-hydrogen) atoms. The molecular weight excluding hydrogens is 276 g/mol. The second-order valence-corrected chi connectivity index (χ2v) is 4.84. The largest absolute Gasteiger partial charge is 0.392 e. The highest BCUT2D eigenvalue weighted by atomic mass is 19.1. The van der Waals surface area contributed by atoms with Gasteiger partial charge in [-0.2, -0.15) is 0 Å². The van der Waals surface area contributed by atoms with Crippen LogP contribution in [-0.2, 0) is 6.61 Å². The Morgan fingerprint density at radius 3 is 2.48 bits per heavy atom. The van der Waals surface area contributed by atoms with Crippen molar-refractivity contribution in [2.45, 2.75) is 20.5 Å². The Bertz CT molecular complexity index is 699. The number of anilines is 1. The number of hydrogen-bond acceptors (Lipinski definition) is 2. The second-order valence-electron chi connectivity index (χ2n) is 4.84. The highest BCUT2D eigenvalue weighted by molar-refractivity contribution is 6.04. The van der Waals surface area contributed by atoms with Crippen LogP contribution in [0.2, 0.25) is 0 Å². The Balaban J connectivity index is 2.32. The molecule has 0 bridgehead atoms. The summed E-state index contributed by atoms with van der Waals surface area (Å²) in [5.74, 6) is -2.14. The van der Waals surface area contributed by atoms with Crippen LogP contribution in [0.25, 0.3) is 0 Å². The van der Waals surface area contributed by atoms with E-state index in [1.54, 1.807) is 25.1 Å². The monoisotopic (exact) mass is 291 g/mol. The van der Waals surface area contributed by atoms with E-state index in [-0.39, 0.29) is 17.7 Å². The fourth-order valence-electron chi connectivity index (χ4n) is 1.91. The molecule has 3 nitrogen and oxygen atoms in total. The first kappa shape index (κ1) is 15.1. The van der Waals surface area contributed by atoms with Crippen LogP contribution in [0.4, 0.5) is 14.5 Å². The van der Waals surface area contributed by atoms with Crippen molar-refractivity contribution in [3.05, 3.63) is 64.2 Å². The average molecular weight is 291 g/mol. The summed E-state index contributed by atoms with van der Waals surface area (Å²) in [5, 5.41) is 11.6. The molecule has 110 valence electrons. The lowest BCUT2D eigenvalue weighted by molar-refractivity contribution is 0.102. The molecule has 2 aromatic carbocycles. The van der Waals surface area contributed by atoms with Gasteiger partial charge < -0.3 is 10.4 Å². The number of carbonyl (C=O) groups is 1. The number of carbonyl (C=O) groups excluding carboxylic acids is 1. The van der Waals surface area contributed by atoms with Gasteiger partial charge in [0.15, 0.2) is 0 Å². The molecule has 2 N–H and O–H groups in total. The van der Waals surface area contributed by atoms with E-state index >= 15 is 0 Å². The molecule has 1 amide bonds. The summed E-state index contributed by atoms with van der Waals surface area (Å²) in [4.78, 5) is 12.1. The number of aliphatic hydroxyl groups excluding tert-OH is 1. The van der Waals surface area contributed by atoms with E-state index in [0.29, 0.717) is 11.3 Å². The Labute approximate surface area is 121 Å². The molecule has 0 atom stereocenters. The smallest absolute Gasteiger partial charge is 0.258 e. The van der Waals surface area contributed by atoms with Crippen molar-refractivity contribution in [1.82, 2.24) is 0 Å². The van der Waals surface area contributed by atoms with Gasteiger partial charge in [-0.1, -0.05) is 12.1 Å². The fourth-order valence-corrected chi connectivity index (χ4v) is 1.91. The molecule has 2 aromatic rings. The van der Waals surface area contributed by atoms with Crippen LogP contribution in [0.3, 0.4) is 0 Å². The van der Waals surface area contributed by atoms with Crippen molar-refractivity contribution in [1.29, 1.82) is 0 Å². The van der Waals surface area contributed by atoms with E-state index < -0.39 is 17.5 Å². The van der Waals surface area contributed by atoms with Gasteiger partial charge in [0.25, 0.3) is 5.91 Å². The Morgan fingerprint density at radius 1 is 1.10 bits per heavy atom. The first-order valence-corrected chi connectivity index (χ1v) is 6.39. The maximum Gasteiger partial charge on any atom is 0.258 e. The zero-order valence-corrected chi connectivity index (χ0v) is 11.7. The van der Waals surface area contributed by atoms with Gasteiger partial charge in [0.2, 0.25) is 0 Å². The summed E-state index contributed by atoms with van der Waals surface area (Å²) >= 11 is 0. The van der Waals surface area contributed by atoms with Gasteiger partial charge in [0, 0.05) is 5.69 Å². The highest BCUT2D eigenvalue weighted by Gasteiger charge is 2.15. The third-order valence-corrected chi connectivity index (χ3v) is 3.23. The second kappa shape index (κ2) is 6.01. The van der Waals surface area contributed by atoms with Crippen LogP contribution < -0.4 is 5.32 Å². The number of nitrogens with one attached hydrogen (secondary N) is 1. The van der Waals surface area contributed by atoms with Gasteiger partial charge in [-0.15, -0.1) is 0 Å². The van der Waals surface area contributed by atoms with Crippen molar-refractivity contribution in [3.8, 4) is 0 Å². The standard InChI is InChI=1S/C16H15F2NO2/c1-9-3-4-11(8-20)6-15(9)19-16(21)12-7-13(17)10(2)5-14(12)18/h3-7,20H,8H2,1-2H3,(H,19,21). The molecule has 2 rings (SSSR count). The van der Waals surface area contributed by atoms with E-state index in [1.165, 1.54) is 6.92 Å². The van der Waals surface area contributed by atoms with Crippen LogP contribution in [0.5, 0.6) is 0 Å². The van der Waals surface area contributed by atoms with Gasteiger partial charge in [0.1, 0.15) is 11.6 Å². The molecule has 0 spiro atoms. The van der Waals surface area contributed by atoms with E-state index in [1.807, 2.05) is 0 Å². The number of benzene rings is 2. The van der Waals surface area contributed by atoms with Crippen molar-refractivity contribution >= 4 is 11.6 Å². The van der Waals surface area contributed by atoms with Crippen molar-refractivity contribution < 1.29 is 18.7 Å². The average Bonchev–Trinajstić information content (AvgIpc) is 2.45. The molecule has 0 unspecified atom stereocenters. The molecule has 0 aliphatic heterocycles. The first-order valence-electron chi connectivity index (χ1n) is 6.39. The summed E-state index contributed by atoms with van der Waals surface area (Å²) in [6.45, 7) is 3.02. The summed E-state index contributed by atoms with van der Waals surface area (Å²) < 4.78 is 27.2. The van der Waals surface area contributed by atoms with Crippen molar-refractivity contribution in [2.24, 2.45) is 0 Å². The number of hydrogen-bond donors (Lipinski definition) is 2. The highest BCUT2D eigenvalue weighted by Crippen LogP contribution is 2.20. The third kappa shape index (κ3) is 3.25. The first-order chi connectivity index (χ1) is 9.92. The van der Waals surface area contributed by atoms with Gasteiger partial charge >= 0.3 is 0 Å². The topological polar surface area (TPSA) is 49.3 Å². The van der Waals surface area contributed by atoms with Gasteiger partial charge in [-0.3, -0.25) is 4.79 Å². The Morgan fingerprint density at radius 2 is 1.81 bits per heavy atom. The number of aryl methyl sites for hydroxylation is 2. The Kier molecular flexibility index (Phi) is 4.33. The lowest BCUT2D eigenvalue weighted by Gasteiger charge is -2.11. The zero-order valence-electron chi connectivity index (χ0n) is 11.7. The summed E-state index contributed by atoms with van der Waals surface area (Å²) in [5.41, 5.74) is 1.61. The predicted molar refractivity (Wildman–Crippen MR) is 76.2 cm³/mol. The van der Waals surface area contributed by atoms with Crippen LogP contribution in [0, 0.1) is 25.5 Å². The van der Waals surface area contributed by atoms with Gasteiger partial charge in [-0.05, 0) is 48.7 Å². The molecule has 0 heterocycles. The van der Waals surface area contributed by atoms with E-state index in [9.17, 15) is 13.6 Å². The molecule has 0 aliphatic carbocycles. The molecule has 0 aliphatic rings. The van der Waals surface area contributed by atoms with Crippen LogP contribution in [0.1, 0.15) is 27.0 Å². The molecule has 0 aromatic heterocycles. The lowest BCUT2D eigenvalue weighted by Crippen LogP contribution is -2.15. The predicted octanol–water partition coefficient (Wildman–Crippen LogP) is 3.33. The van der Waals surface area contributed by atoms with Crippen LogP contribution >= 0.6 is 0 Å². The van der Waals surface area contributed by atoms with Crippen molar-refractivity contribution in [2.75, 3.05) is 5.32 Å². The zero-order chi connectivity index (χ0) is 15.6. The minimum Gasteiger partial charge on any atom is -0.392 e. The van der Waals surface area contributed by atoms with E-state index in [4.69, 9.17) is 5.11 Å². The molecule has 5 heteroatoms. The molecule has 0 saturated carbocycles. The Hall–Kier alpha value is -2.27. The number of rotatable bonds is 3. The number of halogens is 2. The van der Waals surface area contributed by atoms with Gasteiger partial charge in [-0.25, -0.2) is 8.78 Å². The maximum atomic E-state index is 13.8. The quantitative estimate of drug-likeness (QED) is 0.911. The normalized spacial score (nSPS) is 10.5. The summed E-state index contributed by atoms with van der Waals surface area (Å²) in [7, 11) is 0. The van der Waals surface area contributed by atoms with Gasteiger partial charge in [0.05, 0.1) is 12.2 Å². The molecule has 0 saturated heterocycles. The number of amides is 1. The minimum atomic E-state index is -0.776. The van der Waals surface area contributed by atoms with E-state index in [0.717, 1.165) is 17.7 Å². The fraction of sp³-hybridized carbons (Fsp3) is 0.188. The molecular formula is C16H15F2NO2. The molecule has 0 radical (unpaired) electrons. The SMILES string of the molecule is Cc1cc(F)c(C(=O)Nc2cc(CO)ccc2C)cc1F. The minimum absolute atomic E-state index is 0.141. The van der Waals surface area contributed by atoms with E-state index in [2.05, 4.69) is 5.32 Å². The maximum absolute atomic E-state index is 13.8. The summed E-state index contributed by atoms with van der Waals surface area (Å²) in [6.07, 6.45) is 0. The van der Waals surface area contributed by atoms with Crippen molar-refractivity contribution in [3.63, 3.8) is 0 Å². The molecule has 0 fully saturated rings.